The highest BCUT2D eigenvalue weighted by Gasteiger charge is 2.13. The lowest BCUT2D eigenvalue weighted by Crippen LogP contribution is -2.41. The molecule has 0 saturated heterocycles. The zero-order valence-corrected chi connectivity index (χ0v) is 6.80. The molecule has 0 saturated carbocycles. The molecular weight excluding hydrogens is 128 g/mol. The Morgan fingerprint density at radius 1 is 1.60 bits per heavy atom. The molecule has 4 N–H and O–H groups in total. The Morgan fingerprint density at radius 3 is 2.50 bits per heavy atom. The molecule has 10 heavy (non-hydrogen) atoms. The molecule has 3 nitrogen and oxygen atoms in total. The third-order valence-electron chi connectivity index (χ3n) is 1.68. The third kappa shape index (κ3) is 3.15. The minimum absolute atomic E-state index is 0.162. The van der Waals surface area contributed by atoms with Gasteiger partial charge in [-0.05, 0) is 13.5 Å². The molecule has 0 aliphatic heterocycles. The summed E-state index contributed by atoms with van der Waals surface area (Å²) in [7, 11) is 1.85. The first-order valence-corrected chi connectivity index (χ1v) is 3.81. The fourth-order valence-electron chi connectivity index (χ4n) is 1.00. The summed E-state index contributed by atoms with van der Waals surface area (Å²) in [4.78, 5) is 0. The van der Waals surface area contributed by atoms with Gasteiger partial charge in [0.15, 0.2) is 0 Å². The van der Waals surface area contributed by atoms with Crippen molar-refractivity contribution in [3.63, 3.8) is 0 Å². The first kappa shape index (κ1) is 9.88. The van der Waals surface area contributed by atoms with E-state index in [9.17, 15) is 5.11 Å². The van der Waals surface area contributed by atoms with Gasteiger partial charge >= 0.3 is 0 Å². The third-order valence-corrected chi connectivity index (χ3v) is 1.68. The molecule has 0 aromatic carbocycles. The normalized spacial score (nSPS) is 16.8. The van der Waals surface area contributed by atoms with Crippen LogP contribution in [-0.2, 0) is 0 Å². The van der Waals surface area contributed by atoms with E-state index in [2.05, 4.69) is 12.2 Å². The molecule has 2 unspecified atom stereocenters. The van der Waals surface area contributed by atoms with Crippen LogP contribution >= 0.6 is 0 Å². The molecule has 0 aromatic rings. The second-order valence-electron chi connectivity index (χ2n) is 2.49. The largest absolute Gasteiger partial charge is 0.390 e. The Kier molecular flexibility index (Phi) is 5.58. The molecule has 3 heteroatoms. The van der Waals surface area contributed by atoms with Crippen LogP contribution in [0.15, 0.2) is 0 Å². The molecule has 0 rings (SSSR count). The van der Waals surface area contributed by atoms with Crippen LogP contribution < -0.4 is 11.1 Å². The average molecular weight is 146 g/mol. The molecule has 0 aromatic heterocycles. The summed E-state index contributed by atoms with van der Waals surface area (Å²) in [6.45, 7) is 2.43. The molecule has 0 spiro atoms. The number of likely N-dealkylation sites (N-methyl/N-ethyl adjacent to an activating group) is 1. The summed E-state index contributed by atoms with van der Waals surface area (Å²) < 4.78 is 0. The summed E-state index contributed by atoms with van der Waals surface area (Å²) >= 11 is 0. The molecule has 2 atom stereocenters. The number of hydrogen-bond donors (Lipinski definition) is 3. The second kappa shape index (κ2) is 5.65. The lowest BCUT2D eigenvalue weighted by Gasteiger charge is -2.19. The van der Waals surface area contributed by atoms with E-state index in [1.807, 2.05) is 7.05 Å². The molecule has 0 fully saturated rings. The minimum atomic E-state index is -0.398. The average Bonchev–Trinajstić information content (AvgIpc) is 1.99. The Bertz CT molecular complexity index is 78.0. The van der Waals surface area contributed by atoms with Crippen LogP contribution in [0.5, 0.6) is 0 Å². The fourth-order valence-corrected chi connectivity index (χ4v) is 1.00. The number of aliphatic hydroxyl groups excluding tert-OH is 1. The number of rotatable bonds is 5. The number of nitrogens with one attached hydrogen (secondary N) is 1. The van der Waals surface area contributed by atoms with Crippen molar-refractivity contribution >= 4 is 0 Å². The standard InChI is InChI=1S/C7H18N2O/c1-3-4-6(9-2)7(10)5-8/h6-7,9-10H,3-5,8H2,1-2H3. The van der Waals surface area contributed by atoms with E-state index in [-0.39, 0.29) is 6.04 Å². The van der Waals surface area contributed by atoms with Crippen molar-refractivity contribution in [1.29, 1.82) is 0 Å². The summed E-state index contributed by atoms with van der Waals surface area (Å²) in [5.74, 6) is 0. The van der Waals surface area contributed by atoms with E-state index < -0.39 is 6.10 Å². The van der Waals surface area contributed by atoms with Crippen molar-refractivity contribution in [2.24, 2.45) is 5.73 Å². The molecule has 0 aliphatic rings. The van der Waals surface area contributed by atoms with Gasteiger partial charge in [0.05, 0.1) is 6.10 Å². The van der Waals surface area contributed by atoms with Crippen molar-refractivity contribution in [2.75, 3.05) is 13.6 Å². The SMILES string of the molecule is CCCC(NC)C(O)CN. The van der Waals surface area contributed by atoms with Crippen molar-refractivity contribution in [3.05, 3.63) is 0 Å². The Labute approximate surface area is 62.6 Å². The zero-order chi connectivity index (χ0) is 7.98. The maximum absolute atomic E-state index is 9.26. The van der Waals surface area contributed by atoms with E-state index in [1.54, 1.807) is 0 Å². The molecule has 62 valence electrons. The van der Waals surface area contributed by atoms with Gasteiger partial charge in [-0.25, -0.2) is 0 Å². The Hall–Kier alpha value is -0.120. The molecular formula is C7H18N2O. The molecule has 0 radical (unpaired) electrons. The van der Waals surface area contributed by atoms with E-state index in [4.69, 9.17) is 5.73 Å². The van der Waals surface area contributed by atoms with Crippen LogP contribution in [0.25, 0.3) is 0 Å². The lowest BCUT2D eigenvalue weighted by molar-refractivity contribution is 0.133. The van der Waals surface area contributed by atoms with Crippen molar-refractivity contribution < 1.29 is 5.11 Å². The second-order valence-corrected chi connectivity index (χ2v) is 2.49. The summed E-state index contributed by atoms with van der Waals surface area (Å²) in [5, 5.41) is 12.3. The van der Waals surface area contributed by atoms with Gasteiger partial charge in [-0.15, -0.1) is 0 Å². The summed E-state index contributed by atoms with van der Waals surface area (Å²) in [6, 6.07) is 0.162. The molecule has 0 heterocycles. The molecule has 0 amide bonds. The van der Waals surface area contributed by atoms with Crippen LogP contribution in [0, 0.1) is 0 Å². The van der Waals surface area contributed by atoms with Gasteiger partial charge in [-0.3, -0.25) is 0 Å². The predicted molar refractivity (Wildman–Crippen MR) is 42.8 cm³/mol. The zero-order valence-electron chi connectivity index (χ0n) is 6.80. The summed E-state index contributed by atoms with van der Waals surface area (Å²) in [5.41, 5.74) is 5.29. The van der Waals surface area contributed by atoms with Gasteiger partial charge in [0.2, 0.25) is 0 Å². The Balaban J connectivity index is 3.56. The topological polar surface area (TPSA) is 58.3 Å². The fraction of sp³-hybridized carbons (Fsp3) is 1.00. The van der Waals surface area contributed by atoms with Crippen molar-refractivity contribution in [3.8, 4) is 0 Å². The number of nitrogens with two attached hydrogens (primary N) is 1. The Morgan fingerprint density at radius 2 is 2.20 bits per heavy atom. The molecule has 0 bridgehead atoms. The van der Waals surface area contributed by atoms with Gasteiger partial charge in [-0.1, -0.05) is 13.3 Å². The van der Waals surface area contributed by atoms with Crippen molar-refractivity contribution in [1.82, 2.24) is 5.32 Å². The summed E-state index contributed by atoms with van der Waals surface area (Å²) in [6.07, 6.45) is 1.65. The maximum Gasteiger partial charge on any atom is 0.0815 e. The van der Waals surface area contributed by atoms with E-state index in [0.29, 0.717) is 6.54 Å². The van der Waals surface area contributed by atoms with Gasteiger partial charge in [-0.2, -0.15) is 0 Å². The minimum Gasteiger partial charge on any atom is -0.390 e. The van der Waals surface area contributed by atoms with Crippen LogP contribution in [-0.4, -0.2) is 30.8 Å². The van der Waals surface area contributed by atoms with Crippen molar-refractivity contribution in [2.45, 2.75) is 31.9 Å². The highest BCUT2D eigenvalue weighted by atomic mass is 16.3. The van der Waals surface area contributed by atoms with Crippen LogP contribution in [0.1, 0.15) is 19.8 Å². The van der Waals surface area contributed by atoms with E-state index in [0.717, 1.165) is 12.8 Å². The smallest absolute Gasteiger partial charge is 0.0815 e. The van der Waals surface area contributed by atoms with Crippen LogP contribution in [0.3, 0.4) is 0 Å². The monoisotopic (exact) mass is 146 g/mol. The maximum atomic E-state index is 9.26. The van der Waals surface area contributed by atoms with Crippen LogP contribution in [0.4, 0.5) is 0 Å². The first-order chi connectivity index (χ1) is 4.76. The van der Waals surface area contributed by atoms with E-state index >= 15 is 0 Å². The van der Waals surface area contributed by atoms with Gasteiger partial charge < -0.3 is 16.2 Å². The predicted octanol–water partition coefficient (Wildman–Crippen LogP) is -0.306. The van der Waals surface area contributed by atoms with E-state index in [1.165, 1.54) is 0 Å². The van der Waals surface area contributed by atoms with Gasteiger partial charge in [0.25, 0.3) is 0 Å². The lowest BCUT2D eigenvalue weighted by atomic mass is 10.1. The van der Waals surface area contributed by atoms with Crippen LogP contribution in [0.2, 0.25) is 0 Å². The van der Waals surface area contributed by atoms with Gasteiger partial charge in [0.1, 0.15) is 0 Å². The molecule has 0 aliphatic carbocycles. The first-order valence-electron chi connectivity index (χ1n) is 3.81. The highest BCUT2D eigenvalue weighted by molar-refractivity contribution is 4.73. The number of aliphatic hydroxyl groups is 1. The van der Waals surface area contributed by atoms with Gasteiger partial charge in [0, 0.05) is 12.6 Å². The quantitative estimate of drug-likeness (QED) is 0.499. The highest BCUT2D eigenvalue weighted by Crippen LogP contribution is 1.99. The number of hydrogen-bond acceptors (Lipinski definition) is 3.